The molecule has 0 spiro atoms. The van der Waals surface area contributed by atoms with Crippen LogP contribution in [0.1, 0.15) is 39.9 Å². The minimum absolute atomic E-state index is 0.0949. The summed E-state index contributed by atoms with van der Waals surface area (Å²) < 4.78 is 18.5. The van der Waals surface area contributed by atoms with Crippen molar-refractivity contribution in [3.8, 4) is 22.8 Å². The maximum Gasteiger partial charge on any atom is 0.232 e. The Kier molecular flexibility index (Phi) is 7.67. The summed E-state index contributed by atoms with van der Waals surface area (Å²) in [7, 11) is 5.10. The molecule has 41 heavy (non-hydrogen) atoms. The molecule has 5 aromatic rings. The Labute approximate surface area is 243 Å². The highest BCUT2D eigenvalue weighted by molar-refractivity contribution is 7.16. The quantitative estimate of drug-likeness (QED) is 0.210. The summed E-state index contributed by atoms with van der Waals surface area (Å²) in [4.78, 5) is 17.9. The Morgan fingerprint density at radius 3 is 2.29 bits per heavy atom. The number of ether oxygens (including phenoxy) is 3. The van der Waals surface area contributed by atoms with E-state index < -0.39 is 0 Å². The van der Waals surface area contributed by atoms with Crippen molar-refractivity contribution in [1.29, 1.82) is 0 Å². The molecule has 1 atom stereocenters. The number of nitrogens with zero attached hydrogens (tertiary/aromatic N) is 6. The zero-order valence-electron chi connectivity index (χ0n) is 23.6. The van der Waals surface area contributed by atoms with Crippen LogP contribution < -0.4 is 14.4 Å². The molecular weight excluding hydrogens is 536 g/mol. The smallest absolute Gasteiger partial charge is 0.232 e. The second kappa shape index (κ2) is 11.7. The molecule has 1 aliphatic rings. The van der Waals surface area contributed by atoms with Crippen LogP contribution in [0.4, 0.5) is 11.1 Å². The number of thiazole rings is 1. The van der Waals surface area contributed by atoms with Crippen LogP contribution >= 0.6 is 11.3 Å². The summed E-state index contributed by atoms with van der Waals surface area (Å²) >= 11 is 1.68. The fourth-order valence-electron chi connectivity index (χ4n) is 5.02. The standard InChI is InChI=1S/C31H32N6O3S/c1-20-15-16-32-30(33-20)37(18-22-7-11-24(39-3)12-8-22)31-34-29-25-19-36(17-21-5-9-23(38-2)10-6-21)35-28(25)26(40-4)13-14-27(29)41-31/h5-12,15-16,19,26H,13-14,17-18H2,1-4H3. The van der Waals surface area contributed by atoms with Crippen molar-refractivity contribution in [3.63, 3.8) is 0 Å². The summed E-state index contributed by atoms with van der Waals surface area (Å²) in [6.07, 6.45) is 5.47. The van der Waals surface area contributed by atoms with Gasteiger partial charge in [0.15, 0.2) is 5.13 Å². The van der Waals surface area contributed by atoms with Crippen LogP contribution in [-0.2, 0) is 24.2 Å². The van der Waals surface area contributed by atoms with E-state index in [1.807, 2.05) is 41.9 Å². The van der Waals surface area contributed by atoms with E-state index in [0.29, 0.717) is 19.0 Å². The molecule has 210 valence electrons. The molecule has 0 saturated heterocycles. The first-order valence-electron chi connectivity index (χ1n) is 13.5. The molecule has 0 radical (unpaired) electrons. The van der Waals surface area contributed by atoms with E-state index in [9.17, 15) is 0 Å². The first-order chi connectivity index (χ1) is 20.0. The van der Waals surface area contributed by atoms with Gasteiger partial charge < -0.3 is 14.2 Å². The van der Waals surface area contributed by atoms with Gasteiger partial charge in [0.2, 0.25) is 5.95 Å². The van der Waals surface area contributed by atoms with Crippen molar-refractivity contribution in [1.82, 2.24) is 24.7 Å². The average molecular weight is 569 g/mol. The molecule has 0 N–H and O–H groups in total. The van der Waals surface area contributed by atoms with E-state index >= 15 is 0 Å². The lowest BCUT2D eigenvalue weighted by Gasteiger charge is -2.20. The zero-order valence-corrected chi connectivity index (χ0v) is 24.4. The van der Waals surface area contributed by atoms with Gasteiger partial charge in [-0.1, -0.05) is 24.3 Å². The predicted octanol–water partition coefficient (Wildman–Crippen LogP) is 6.14. The maximum atomic E-state index is 5.89. The summed E-state index contributed by atoms with van der Waals surface area (Å²) in [5.41, 5.74) is 6.03. The molecule has 1 aliphatic carbocycles. The molecule has 0 fully saturated rings. The number of hydrogen-bond acceptors (Lipinski definition) is 9. The van der Waals surface area contributed by atoms with E-state index in [1.165, 1.54) is 4.88 Å². The van der Waals surface area contributed by atoms with Crippen molar-refractivity contribution in [2.24, 2.45) is 0 Å². The van der Waals surface area contributed by atoms with Gasteiger partial charge in [-0.25, -0.2) is 15.0 Å². The fourth-order valence-corrected chi connectivity index (χ4v) is 6.11. The van der Waals surface area contributed by atoms with Crippen LogP contribution in [0.3, 0.4) is 0 Å². The summed E-state index contributed by atoms with van der Waals surface area (Å²) in [5.74, 6) is 2.27. The fraction of sp³-hybridized carbons (Fsp3) is 0.290. The number of fused-ring (bicyclic) bond motifs is 3. The van der Waals surface area contributed by atoms with Gasteiger partial charge in [0.1, 0.15) is 23.3 Å². The van der Waals surface area contributed by atoms with Gasteiger partial charge in [0.25, 0.3) is 0 Å². The van der Waals surface area contributed by atoms with Gasteiger partial charge >= 0.3 is 0 Å². The third kappa shape index (κ3) is 5.66. The van der Waals surface area contributed by atoms with Crippen LogP contribution in [0, 0.1) is 6.92 Å². The van der Waals surface area contributed by atoms with Crippen molar-refractivity contribution < 1.29 is 14.2 Å². The largest absolute Gasteiger partial charge is 0.497 e. The van der Waals surface area contributed by atoms with Crippen LogP contribution in [0.2, 0.25) is 0 Å². The normalized spacial score (nSPS) is 14.2. The minimum Gasteiger partial charge on any atom is -0.497 e. The van der Waals surface area contributed by atoms with E-state index in [4.69, 9.17) is 29.3 Å². The molecule has 10 heteroatoms. The lowest BCUT2D eigenvalue weighted by atomic mass is 10.1. The third-order valence-corrected chi connectivity index (χ3v) is 8.35. The Morgan fingerprint density at radius 1 is 0.927 bits per heavy atom. The van der Waals surface area contributed by atoms with Gasteiger partial charge in [-0.05, 0) is 61.2 Å². The van der Waals surface area contributed by atoms with Gasteiger partial charge in [0, 0.05) is 35.6 Å². The van der Waals surface area contributed by atoms with Crippen molar-refractivity contribution >= 4 is 22.4 Å². The summed E-state index contributed by atoms with van der Waals surface area (Å²) in [5, 5.41) is 5.83. The topological polar surface area (TPSA) is 87.4 Å². The zero-order chi connectivity index (χ0) is 28.3. The first-order valence-corrected chi connectivity index (χ1v) is 14.3. The van der Waals surface area contributed by atoms with Crippen LogP contribution in [0.15, 0.2) is 67.0 Å². The Bertz CT molecular complexity index is 1630. The monoisotopic (exact) mass is 568 g/mol. The molecule has 9 nitrogen and oxygen atoms in total. The van der Waals surface area contributed by atoms with Crippen molar-refractivity contribution in [2.45, 2.75) is 39.0 Å². The molecule has 6 rings (SSSR count). The second-order valence-corrected chi connectivity index (χ2v) is 11.0. The molecule has 0 amide bonds. The van der Waals surface area contributed by atoms with Gasteiger partial charge in [0.05, 0.1) is 33.0 Å². The summed E-state index contributed by atoms with van der Waals surface area (Å²) in [6, 6.07) is 18.0. The number of rotatable bonds is 9. The van der Waals surface area contributed by atoms with Gasteiger partial charge in [-0.15, -0.1) is 11.3 Å². The molecular formula is C31H32N6O3S. The Balaban J connectivity index is 1.38. The number of anilines is 2. The number of methoxy groups -OCH3 is 3. The lowest BCUT2D eigenvalue weighted by Crippen LogP contribution is -2.19. The maximum absolute atomic E-state index is 5.89. The number of aryl methyl sites for hydroxylation is 2. The molecule has 1 unspecified atom stereocenters. The predicted molar refractivity (Wildman–Crippen MR) is 159 cm³/mol. The van der Waals surface area contributed by atoms with E-state index in [2.05, 4.69) is 40.3 Å². The van der Waals surface area contributed by atoms with Crippen LogP contribution in [0.5, 0.6) is 11.5 Å². The van der Waals surface area contributed by atoms with E-state index in [0.717, 1.165) is 63.2 Å². The number of hydrogen-bond donors (Lipinski definition) is 0. The first kappa shape index (κ1) is 26.9. The van der Waals surface area contributed by atoms with Crippen molar-refractivity contribution in [2.75, 3.05) is 26.2 Å². The van der Waals surface area contributed by atoms with E-state index in [1.54, 1.807) is 38.9 Å². The molecule has 0 saturated carbocycles. The van der Waals surface area contributed by atoms with Crippen molar-refractivity contribution in [3.05, 3.63) is 94.4 Å². The van der Waals surface area contributed by atoms with Gasteiger partial charge in [-0.2, -0.15) is 5.10 Å². The number of aromatic nitrogens is 5. The molecule has 0 aliphatic heterocycles. The SMILES string of the molecule is COc1ccc(CN(c2nccc(C)n2)c2nc3c(s2)CCC(OC)c2nn(Cc4ccc(OC)cc4)cc2-3)cc1. The lowest BCUT2D eigenvalue weighted by molar-refractivity contribution is 0.0931. The van der Waals surface area contributed by atoms with Crippen LogP contribution in [0.25, 0.3) is 11.3 Å². The highest BCUT2D eigenvalue weighted by atomic mass is 32.1. The van der Waals surface area contributed by atoms with Crippen LogP contribution in [-0.4, -0.2) is 46.1 Å². The number of benzene rings is 2. The minimum atomic E-state index is -0.0949. The molecule has 0 bridgehead atoms. The van der Waals surface area contributed by atoms with E-state index in [-0.39, 0.29) is 6.10 Å². The molecule has 3 aromatic heterocycles. The Morgan fingerprint density at radius 2 is 1.63 bits per heavy atom. The highest BCUT2D eigenvalue weighted by Gasteiger charge is 2.30. The third-order valence-electron chi connectivity index (χ3n) is 7.21. The molecule has 3 heterocycles. The summed E-state index contributed by atoms with van der Waals surface area (Å²) in [6.45, 7) is 3.19. The molecule has 2 aromatic carbocycles. The average Bonchev–Trinajstić information content (AvgIpc) is 3.58. The van der Waals surface area contributed by atoms with Gasteiger partial charge in [-0.3, -0.25) is 9.58 Å². The second-order valence-electron chi connectivity index (χ2n) is 9.94. The highest BCUT2D eigenvalue weighted by Crippen LogP contribution is 2.43. The Hall–Kier alpha value is -4.28.